The van der Waals surface area contributed by atoms with Crippen molar-refractivity contribution in [3.8, 4) is 0 Å². The summed E-state index contributed by atoms with van der Waals surface area (Å²) < 4.78 is 6.17. The van der Waals surface area contributed by atoms with Gasteiger partial charge in [0.2, 0.25) is 0 Å². The molecule has 0 heterocycles. The third kappa shape index (κ3) is 9.35. The summed E-state index contributed by atoms with van der Waals surface area (Å²) in [5.41, 5.74) is 10.6. The van der Waals surface area contributed by atoms with Gasteiger partial charge >= 0.3 is 5.97 Å². The second kappa shape index (κ2) is 16.3. The fourth-order valence-corrected chi connectivity index (χ4v) is 6.41. The predicted molar refractivity (Wildman–Crippen MR) is 179 cm³/mol. The first-order chi connectivity index (χ1) is 20.8. The molecule has 0 aromatic heterocycles. The molecule has 1 aliphatic carbocycles. The number of esters is 1. The number of amides is 1. The van der Waals surface area contributed by atoms with Gasteiger partial charge in [0.1, 0.15) is 0 Å². The number of carbonyl (C=O) groups is 2. The molecule has 10 heteroatoms. The van der Waals surface area contributed by atoms with Crippen LogP contribution in [0.25, 0.3) is 0 Å². The van der Waals surface area contributed by atoms with Crippen LogP contribution in [-0.2, 0) is 22.5 Å². The molecule has 0 aliphatic heterocycles. The summed E-state index contributed by atoms with van der Waals surface area (Å²) in [5.74, 6) is -0.552. The third-order valence-electron chi connectivity index (χ3n) is 7.79. The lowest BCUT2D eigenvalue weighted by Crippen LogP contribution is -2.36. The number of hydrogen-bond acceptors (Lipinski definition) is 6. The summed E-state index contributed by atoms with van der Waals surface area (Å²) in [6, 6.07) is 16.9. The van der Waals surface area contributed by atoms with Gasteiger partial charge in [0.05, 0.1) is 34.4 Å². The smallest absolute Gasteiger partial charge is 0.310 e. The van der Waals surface area contributed by atoms with Crippen LogP contribution >= 0.6 is 39.1 Å². The first-order valence-electron chi connectivity index (χ1n) is 14.8. The zero-order chi connectivity index (χ0) is 30.8. The Kier molecular flexibility index (Phi) is 12.6. The lowest BCUT2D eigenvalue weighted by atomic mass is 9.93. The molecule has 230 valence electrons. The largest absolute Gasteiger partial charge is 0.465 e. The molecule has 43 heavy (non-hydrogen) atoms. The summed E-state index contributed by atoms with van der Waals surface area (Å²) in [4.78, 5) is 28.0. The van der Waals surface area contributed by atoms with E-state index in [1.54, 1.807) is 24.3 Å². The number of rotatable bonds is 13. The van der Waals surface area contributed by atoms with Gasteiger partial charge in [-0.2, -0.15) is 0 Å². The molecule has 1 amide bonds. The van der Waals surface area contributed by atoms with E-state index in [4.69, 9.17) is 33.7 Å². The van der Waals surface area contributed by atoms with Gasteiger partial charge in [-0.25, -0.2) is 0 Å². The number of nitrogens with two attached hydrogens (primary N) is 1. The van der Waals surface area contributed by atoms with Crippen molar-refractivity contribution in [1.82, 2.24) is 10.2 Å². The number of anilines is 3. The first-order valence-corrected chi connectivity index (χ1v) is 16.4. The van der Waals surface area contributed by atoms with Crippen LogP contribution in [-0.4, -0.2) is 42.5 Å². The van der Waals surface area contributed by atoms with Crippen molar-refractivity contribution >= 4 is 68.1 Å². The van der Waals surface area contributed by atoms with E-state index in [0.717, 1.165) is 27.8 Å². The molecule has 4 N–H and O–H groups in total. The third-order valence-corrected chi connectivity index (χ3v) is 9.08. The molecular formula is C33H39BrCl2N4O3. The van der Waals surface area contributed by atoms with Gasteiger partial charge in [0, 0.05) is 34.9 Å². The van der Waals surface area contributed by atoms with Gasteiger partial charge in [-0.1, -0.05) is 73.7 Å². The highest BCUT2D eigenvalue weighted by atomic mass is 79.9. The highest BCUT2D eigenvalue weighted by molar-refractivity contribution is 9.10. The van der Waals surface area contributed by atoms with Crippen LogP contribution in [0.2, 0.25) is 10.0 Å². The van der Waals surface area contributed by atoms with E-state index in [0.29, 0.717) is 52.5 Å². The molecule has 0 atom stereocenters. The topological polar surface area (TPSA) is 96.7 Å². The van der Waals surface area contributed by atoms with Crippen molar-refractivity contribution < 1.29 is 14.3 Å². The van der Waals surface area contributed by atoms with E-state index >= 15 is 0 Å². The predicted octanol–water partition coefficient (Wildman–Crippen LogP) is 8.14. The van der Waals surface area contributed by atoms with E-state index in [9.17, 15) is 9.59 Å². The van der Waals surface area contributed by atoms with Gasteiger partial charge in [-0.05, 0) is 83.2 Å². The summed E-state index contributed by atoms with van der Waals surface area (Å²) in [6.07, 6.45) is 6.82. The molecule has 1 fully saturated rings. The Morgan fingerprint density at radius 3 is 2.47 bits per heavy atom. The van der Waals surface area contributed by atoms with Crippen molar-refractivity contribution in [2.45, 2.75) is 64.5 Å². The van der Waals surface area contributed by atoms with Crippen LogP contribution in [0.15, 0.2) is 59.1 Å². The summed E-state index contributed by atoms with van der Waals surface area (Å²) in [5, 5.41) is 7.13. The van der Waals surface area contributed by atoms with Gasteiger partial charge in [-0.3, -0.25) is 14.5 Å². The molecule has 3 aromatic rings. The zero-order valence-corrected chi connectivity index (χ0v) is 27.5. The fourth-order valence-electron chi connectivity index (χ4n) is 5.42. The minimum atomic E-state index is -0.364. The van der Waals surface area contributed by atoms with Gasteiger partial charge in [0.15, 0.2) is 0 Å². The number of nitrogens with zero attached hydrogens (tertiary/aromatic N) is 1. The molecule has 0 bridgehead atoms. The van der Waals surface area contributed by atoms with Crippen LogP contribution in [0, 0.1) is 0 Å². The Labute approximate surface area is 272 Å². The summed E-state index contributed by atoms with van der Waals surface area (Å²) >= 11 is 16.1. The minimum absolute atomic E-state index is 0.0788. The molecule has 0 saturated heterocycles. The van der Waals surface area contributed by atoms with Gasteiger partial charge < -0.3 is 21.1 Å². The number of ether oxygens (including phenoxy) is 1. The summed E-state index contributed by atoms with van der Waals surface area (Å²) in [7, 11) is 0. The number of hydrogen-bond donors (Lipinski definition) is 3. The summed E-state index contributed by atoms with van der Waals surface area (Å²) in [6.45, 7) is 4.39. The molecule has 0 radical (unpaired) electrons. The average Bonchev–Trinajstić information content (AvgIpc) is 3.00. The van der Waals surface area contributed by atoms with Crippen LogP contribution in [0.5, 0.6) is 0 Å². The average molecular weight is 691 g/mol. The van der Waals surface area contributed by atoms with E-state index in [-0.39, 0.29) is 24.9 Å². The minimum Gasteiger partial charge on any atom is -0.465 e. The van der Waals surface area contributed by atoms with Gasteiger partial charge in [-0.15, -0.1) is 0 Å². The van der Waals surface area contributed by atoms with E-state index in [2.05, 4.69) is 38.4 Å². The van der Waals surface area contributed by atoms with Crippen molar-refractivity contribution in [1.29, 1.82) is 0 Å². The number of para-hydroxylation sites is 2. The number of nitrogen functional groups attached to an aromatic ring is 1. The maximum absolute atomic E-state index is 13.0. The molecule has 4 rings (SSSR count). The number of halogens is 3. The molecule has 1 aliphatic rings. The number of carbonyl (C=O) groups excluding carboxylic acids is 2. The van der Waals surface area contributed by atoms with E-state index in [1.807, 2.05) is 30.3 Å². The second-order valence-electron chi connectivity index (χ2n) is 10.8. The highest BCUT2D eigenvalue weighted by Crippen LogP contribution is 2.34. The zero-order valence-electron chi connectivity index (χ0n) is 24.4. The monoisotopic (exact) mass is 688 g/mol. The Hall–Kier alpha value is -2.78. The Morgan fingerprint density at radius 1 is 1.02 bits per heavy atom. The maximum Gasteiger partial charge on any atom is 0.310 e. The number of nitrogens with one attached hydrogen (secondary N) is 2. The van der Waals surface area contributed by atoms with Crippen molar-refractivity contribution in [2.75, 3.05) is 30.7 Å². The van der Waals surface area contributed by atoms with Crippen LogP contribution in [0.1, 0.15) is 66.9 Å². The highest BCUT2D eigenvalue weighted by Gasteiger charge is 2.22. The molecule has 0 spiro atoms. The molecule has 7 nitrogen and oxygen atoms in total. The van der Waals surface area contributed by atoms with Crippen molar-refractivity contribution in [2.24, 2.45) is 0 Å². The van der Waals surface area contributed by atoms with Gasteiger partial charge in [0.25, 0.3) is 5.91 Å². The SMILES string of the molecule is CCN(Cc1cc(C(=O)NCCCOC(=O)Cc2ccccc2Nc2c(Cl)cccc2Cl)cc(Br)c1N)C1CCCCC1. The number of benzene rings is 3. The van der Waals surface area contributed by atoms with Crippen LogP contribution < -0.4 is 16.4 Å². The molecule has 3 aromatic carbocycles. The lowest BCUT2D eigenvalue weighted by Gasteiger charge is -2.34. The molecule has 0 unspecified atom stereocenters. The fraction of sp³-hybridized carbons (Fsp3) is 0.394. The molecule has 1 saturated carbocycles. The Balaban J connectivity index is 1.25. The lowest BCUT2D eigenvalue weighted by molar-refractivity contribution is -0.142. The van der Waals surface area contributed by atoms with E-state index in [1.165, 1.54) is 32.1 Å². The first kappa shape index (κ1) is 33.1. The normalized spacial score (nSPS) is 13.6. The molecular weight excluding hydrogens is 651 g/mol. The van der Waals surface area contributed by atoms with E-state index < -0.39 is 0 Å². The maximum atomic E-state index is 13.0. The van der Waals surface area contributed by atoms with Crippen LogP contribution in [0.3, 0.4) is 0 Å². The van der Waals surface area contributed by atoms with Crippen molar-refractivity contribution in [3.63, 3.8) is 0 Å². The Morgan fingerprint density at radius 2 is 1.74 bits per heavy atom. The standard InChI is InChI=1S/C33H39BrCl2N4O3/c1-2-40(25-11-4-3-5-12-25)21-24-18-23(19-26(34)31(24)37)33(42)38-16-9-17-43-30(41)20-22-10-6-7-15-29(22)39-32-27(35)13-8-14-28(32)36/h6-8,10,13-15,18-19,25,39H,2-5,9,11-12,16-17,20-21,37H2,1H3,(H,38,42). The second-order valence-corrected chi connectivity index (χ2v) is 12.4. The quantitative estimate of drug-likeness (QED) is 0.0953. The van der Waals surface area contributed by atoms with Crippen molar-refractivity contribution in [3.05, 3.63) is 85.8 Å². The van der Waals surface area contributed by atoms with Crippen LogP contribution in [0.4, 0.5) is 17.1 Å². The Bertz CT molecular complexity index is 1390.